The van der Waals surface area contributed by atoms with Crippen molar-refractivity contribution >= 4 is 5.57 Å². The van der Waals surface area contributed by atoms with Gasteiger partial charge >= 0.3 is 0 Å². The maximum atomic E-state index is 6.12. The molecule has 8 heteroatoms. The Bertz CT molecular complexity index is 897. The zero-order valence-electron chi connectivity index (χ0n) is 24.8. The summed E-state index contributed by atoms with van der Waals surface area (Å²) in [5.41, 5.74) is 3.96. The Morgan fingerprint density at radius 1 is 1.11 bits per heavy atom. The number of aromatic nitrogens is 2. The van der Waals surface area contributed by atoms with E-state index in [2.05, 4.69) is 40.8 Å². The van der Waals surface area contributed by atoms with E-state index in [-0.39, 0.29) is 17.2 Å². The topological polar surface area (TPSA) is 61.2 Å². The average Bonchev–Trinajstić information content (AvgIpc) is 3.53. The van der Waals surface area contributed by atoms with Crippen molar-refractivity contribution in [2.75, 3.05) is 54.4 Å². The summed E-state index contributed by atoms with van der Waals surface area (Å²) in [6.45, 7) is 10.5. The molecule has 2 atom stereocenters. The largest absolute Gasteiger partial charge is 0.381 e. The van der Waals surface area contributed by atoms with Crippen LogP contribution >= 0.6 is 0 Å². The highest BCUT2D eigenvalue weighted by molar-refractivity contribution is 5.67. The fourth-order valence-electron chi connectivity index (χ4n) is 6.25. The minimum atomic E-state index is -0.181. The first-order valence-electron chi connectivity index (χ1n) is 14.7. The molecule has 2 fully saturated rings. The lowest BCUT2D eigenvalue weighted by Gasteiger charge is -2.40. The molecule has 2 unspecified atom stereocenters. The van der Waals surface area contributed by atoms with Crippen LogP contribution < -0.4 is 0 Å². The number of ether oxygens (including phenoxy) is 4. The minimum absolute atomic E-state index is 0.0523. The van der Waals surface area contributed by atoms with Gasteiger partial charge in [-0.05, 0) is 85.4 Å². The Hall–Kier alpha value is -1.29. The molecule has 216 valence electrons. The van der Waals surface area contributed by atoms with Crippen LogP contribution in [0, 0.1) is 5.41 Å². The van der Waals surface area contributed by atoms with Gasteiger partial charge in [-0.3, -0.25) is 4.90 Å². The number of nitrogens with zero attached hydrogens (tertiary/aromatic N) is 4. The third-order valence-corrected chi connectivity index (χ3v) is 8.44. The predicted molar refractivity (Wildman–Crippen MR) is 151 cm³/mol. The molecule has 2 heterocycles. The zero-order chi connectivity index (χ0) is 27.2. The second kappa shape index (κ2) is 13.4. The summed E-state index contributed by atoms with van der Waals surface area (Å²) in [7, 11) is 6.18. The maximum absolute atomic E-state index is 6.12. The molecule has 38 heavy (non-hydrogen) atoms. The standard InChI is InChI=1S/C30H52N4O4/c1-29(2,3)38-23-36-22-33(5)17-16-32(4)20-25-21-34(27-11-7-10-18-37-27)31-28(25)24-12-13-26(35-6)30(19-24)14-8-9-15-30/h12,21,26-27H,7-11,13-20,22-23H2,1-6H3. The normalized spacial score (nSPS) is 24.1. The third-order valence-electron chi connectivity index (χ3n) is 8.44. The van der Waals surface area contributed by atoms with Crippen molar-refractivity contribution < 1.29 is 18.9 Å². The molecule has 0 bridgehead atoms. The Labute approximate surface area is 230 Å². The van der Waals surface area contributed by atoms with Gasteiger partial charge in [0.25, 0.3) is 0 Å². The van der Waals surface area contributed by atoms with Gasteiger partial charge in [0.15, 0.2) is 0 Å². The summed E-state index contributed by atoms with van der Waals surface area (Å²) in [5, 5.41) is 5.19. The molecular weight excluding hydrogens is 480 g/mol. The van der Waals surface area contributed by atoms with E-state index in [0.717, 1.165) is 51.9 Å². The number of methoxy groups -OCH3 is 1. The first kappa shape index (κ1) is 29.7. The van der Waals surface area contributed by atoms with E-state index in [9.17, 15) is 0 Å². The van der Waals surface area contributed by atoms with Crippen molar-refractivity contribution in [2.45, 2.75) is 103 Å². The highest BCUT2D eigenvalue weighted by Gasteiger charge is 2.44. The van der Waals surface area contributed by atoms with Gasteiger partial charge < -0.3 is 23.8 Å². The Balaban J connectivity index is 1.41. The summed E-state index contributed by atoms with van der Waals surface area (Å²) in [6, 6.07) is 0. The molecule has 2 aliphatic carbocycles. The van der Waals surface area contributed by atoms with E-state index in [4.69, 9.17) is 24.0 Å². The number of allylic oxidation sites excluding steroid dienone is 1. The summed E-state index contributed by atoms with van der Waals surface area (Å²) in [4.78, 5) is 4.59. The van der Waals surface area contributed by atoms with E-state index >= 15 is 0 Å². The van der Waals surface area contributed by atoms with Crippen molar-refractivity contribution in [1.29, 1.82) is 0 Å². The Morgan fingerprint density at radius 2 is 1.87 bits per heavy atom. The Morgan fingerprint density at radius 3 is 2.55 bits per heavy atom. The maximum Gasteiger partial charge on any atom is 0.150 e. The summed E-state index contributed by atoms with van der Waals surface area (Å²) in [6.07, 6.45) is 15.6. The van der Waals surface area contributed by atoms with E-state index in [1.807, 2.05) is 27.9 Å². The second-order valence-corrected chi connectivity index (χ2v) is 12.8. The fraction of sp³-hybridized carbons (Fsp3) is 0.833. The van der Waals surface area contributed by atoms with Crippen LogP contribution in [0.5, 0.6) is 0 Å². The first-order chi connectivity index (χ1) is 18.2. The summed E-state index contributed by atoms with van der Waals surface area (Å²) < 4.78 is 25.6. The molecule has 1 saturated heterocycles. The molecule has 4 rings (SSSR count). The van der Waals surface area contributed by atoms with Gasteiger partial charge in [0.05, 0.1) is 17.4 Å². The fourth-order valence-corrected chi connectivity index (χ4v) is 6.25. The molecule has 0 radical (unpaired) electrons. The second-order valence-electron chi connectivity index (χ2n) is 12.8. The molecule has 3 aliphatic rings. The van der Waals surface area contributed by atoms with Crippen molar-refractivity contribution in [3.8, 4) is 0 Å². The molecule has 0 aromatic carbocycles. The lowest BCUT2D eigenvalue weighted by atomic mass is 9.70. The molecule has 0 amide bonds. The van der Waals surface area contributed by atoms with Crippen molar-refractivity contribution in [2.24, 2.45) is 5.41 Å². The molecule has 1 aromatic heterocycles. The van der Waals surface area contributed by atoms with Gasteiger partial charge in [0.1, 0.15) is 19.8 Å². The molecule has 1 aliphatic heterocycles. The third kappa shape index (κ3) is 7.89. The highest BCUT2D eigenvalue weighted by Crippen LogP contribution is 2.52. The number of hydrogen-bond acceptors (Lipinski definition) is 7. The van der Waals surface area contributed by atoms with E-state index in [0.29, 0.717) is 19.6 Å². The van der Waals surface area contributed by atoms with Crippen LogP contribution in [-0.4, -0.2) is 85.7 Å². The van der Waals surface area contributed by atoms with Gasteiger partial charge in [0.2, 0.25) is 0 Å². The summed E-state index contributed by atoms with van der Waals surface area (Å²) >= 11 is 0. The summed E-state index contributed by atoms with van der Waals surface area (Å²) in [5.74, 6) is 0. The van der Waals surface area contributed by atoms with Crippen molar-refractivity contribution in [3.63, 3.8) is 0 Å². The molecule has 0 N–H and O–H groups in total. The smallest absolute Gasteiger partial charge is 0.150 e. The van der Waals surface area contributed by atoms with Crippen LogP contribution in [0.3, 0.4) is 0 Å². The lowest BCUT2D eigenvalue weighted by molar-refractivity contribution is -0.138. The quantitative estimate of drug-likeness (QED) is 0.262. The van der Waals surface area contributed by atoms with Gasteiger partial charge in [-0.1, -0.05) is 18.9 Å². The number of hydrogen-bond donors (Lipinski definition) is 0. The molecule has 1 aromatic rings. The minimum Gasteiger partial charge on any atom is -0.381 e. The first-order valence-corrected chi connectivity index (χ1v) is 14.7. The van der Waals surface area contributed by atoms with E-state index < -0.39 is 0 Å². The van der Waals surface area contributed by atoms with Gasteiger partial charge in [0, 0.05) is 50.5 Å². The van der Waals surface area contributed by atoms with Crippen molar-refractivity contribution in [3.05, 3.63) is 23.5 Å². The molecule has 8 nitrogen and oxygen atoms in total. The van der Waals surface area contributed by atoms with E-state index in [1.165, 1.54) is 48.9 Å². The van der Waals surface area contributed by atoms with Gasteiger partial charge in [-0.15, -0.1) is 0 Å². The lowest BCUT2D eigenvalue weighted by Crippen LogP contribution is -2.36. The van der Waals surface area contributed by atoms with Gasteiger partial charge in [-0.2, -0.15) is 5.10 Å². The van der Waals surface area contributed by atoms with Crippen LogP contribution in [0.15, 0.2) is 12.3 Å². The number of rotatable bonds is 12. The van der Waals surface area contributed by atoms with Crippen LogP contribution in [0.25, 0.3) is 5.57 Å². The SMILES string of the molecule is COC1CC=C(c2nn(C3CCCCO3)cc2CN(C)CCN(C)COCOC(C)(C)C)CC12CCCC2. The Kier molecular flexibility index (Phi) is 10.5. The molecule has 1 saturated carbocycles. The molecule has 1 spiro atoms. The molecular formula is C30H52N4O4. The van der Waals surface area contributed by atoms with E-state index in [1.54, 1.807) is 0 Å². The average molecular weight is 533 g/mol. The highest BCUT2D eigenvalue weighted by atomic mass is 16.7. The van der Waals surface area contributed by atoms with Crippen molar-refractivity contribution in [1.82, 2.24) is 19.6 Å². The monoisotopic (exact) mass is 532 g/mol. The van der Waals surface area contributed by atoms with Crippen LogP contribution in [0.1, 0.15) is 96.0 Å². The van der Waals surface area contributed by atoms with Crippen LogP contribution in [0.2, 0.25) is 0 Å². The van der Waals surface area contributed by atoms with Crippen LogP contribution in [0.4, 0.5) is 0 Å². The number of likely N-dealkylation sites (N-methyl/N-ethyl adjacent to an activating group) is 2. The zero-order valence-corrected chi connectivity index (χ0v) is 24.8. The van der Waals surface area contributed by atoms with Crippen LogP contribution in [-0.2, 0) is 25.5 Å². The predicted octanol–water partition coefficient (Wildman–Crippen LogP) is 5.45. The van der Waals surface area contributed by atoms with Gasteiger partial charge in [-0.25, -0.2) is 4.68 Å².